The van der Waals surface area contributed by atoms with Gasteiger partial charge in [0, 0.05) is 35.9 Å². The van der Waals surface area contributed by atoms with Gasteiger partial charge in [0.2, 0.25) is 5.56 Å². The third-order valence-electron chi connectivity index (χ3n) is 6.08. The molecule has 2 aliphatic carbocycles. The SMILES string of the molecule is C/C=C1\[C@H]2C=C(C)C[C@]1(/N=C/C=C/c1ccc(C(=O)OC)cc1)c1ccc(=O)[nH]c1C2. The Kier molecular flexibility index (Phi) is 5.59. The number of benzene rings is 1. The number of fused-ring (bicyclic) bond motifs is 4. The van der Waals surface area contributed by atoms with Gasteiger partial charge < -0.3 is 9.72 Å². The number of carbonyl (C=O) groups is 1. The van der Waals surface area contributed by atoms with Gasteiger partial charge in [0.05, 0.1) is 12.7 Å². The molecule has 0 saturated heterocycles. The van der Waals surface area contributed by atoms with Crippen LogP contribution in [-0.2, 0) is 16.7 Å². The highest BCUT2D eigenvalue weighted by atomic mass is 16.5. The molecule has 0 aliphatic heterocycles. The number of allylic oxidation sites excluding steroid dienone is 3. The first-order chi connectivity index (χ1) is 15.0. The number of ether oxygens (including phenoxy) is 1. The topological polar surface area (TPSA) is 71.5 Å². The van der Waals surface area contributed by atoms with Crippen molar-refractivity contribution in [1.29, 1.82) is 0 Å². The minimum Gasteiger partial charge on any atom is -0.465 e. The van der Waals surface area contributed by atoms with E-state index in [9.17, 15) is 9.59 Å². The third-order valence-corrected chi connectivity index (χ3v) is 6.08. The second-order valence-electron chi connectivity index (χ2n) is 8.07. The molecule has 2 bridgehead atoms. The molecule has 0 spiro atoms. The highest BCUT2D eigenvalue weighted by molar-refractivity contribution is 5.89. The molecule has 1 aromatic carbocycles. The van der Waals surface area contributed by atoms with Gasteiger partial charge in [-0.2, -0.15) is 0 Å². The number of aromatic nitrogens is 1. The number of esters is 1. The molecule has 1 N–H and O–H groups in total. The number of H-pyrrole nitrogens is 1. The van der Waals surface area contributed by atoms with Crippen LogP contribution >= 0.6 is 0 Å². The van der Waals surface area contributed by atoms with Crippen LogP contribution in [0.1, 0.15) is 47.4 Å². The molecule has 2 aromatic rings. The lowest BCUT2D eigenvalue weighted by Crippen LogP contribution is -2.40. The molecule has 1 heterocycles. The number of hydrogen-bond donors (Lipinski definition) is 1. The fraction of sp³-hybridized carbons (Fsp3) is 0.269. The van der Waals surface area contributed by atoms with Gasteiger partial charge in [0.15, 0.2) is 0 Å². The Bertz CT molecular complexity index is 1180. The molecule has 0 unspecified atom stereocenters. The average molecular weight is 415 g/mol. The number of aromatic amines is 1. The Morgan fingerprint density at radius 3 is 2.71 bits per heavy atom. The van der Waals surface area contributed by atoms with Crippen LogP contribution in [0.2, 0.25) is 0 Å². The second kappa shape index (κ2) is 8.34. The summed E-state index contributed by atoms with van der Waals surface area (Å²) >= 11 is 0. The van der Waals surface area contributed by atoms with Gasteiger partial charge in [-0.3, -0.25) is 9.79 Å². The number of pyridine rings is 1. The number of nitrogens with one attached hydrogen (secondary N) is 1. The van der Waals surface area contributed by atoms with Crippen molar-refractivity contribution in [2.24, 2.45) is 10.9 Å². The first-order valence-corrected chi connectivity index (χ1v) is 10.4. The van der Waals surface area contributed by atoms with E-state index in [1.807, 2.05) is 36.6 Å². The zero-order chi connectivity index (χ0) is 22.0. The maximum Gasteiger partial charge on any atom is 0.337 e. The molecule has 5 heteroatoms. The van der Waals surface area contributed by atoms with E-state index < -0.39 is 5.54 Å². The minimum absolute atomic E-state index is 0.0733. The number of rotatable bonds is 4. The fourth-order valence-corrected chi connectivity index (χ4v) is 4.82. The van der Waals surface area contributed by atoms with Gasteiger partial charge in [0.1, 0.15) is 5.54 Å². The van der Waals surface area contributed by atoms with E-state index in [4.69, 9.17) is 9.73 Å². The molecular formula is C26H26N2O3. The molecular weight excluding hydrogens is 388 g/mol. The van der Waals surface area contributed by atoms with Crippen molar-refractivity contribution in [3.63, 3.8) is 0 Å². The summed E-state index contributed by atoms with van der Waals surface area (Å²) in [6, 6.07) is 10.8. The van der Waals surface area contributed by atoms with Crippen LogP contribution in [0.4, 0.5) is 0 Å². The number of aliphatic imine (C=N–C) groups is 1. The van der Waals surface area contributed by atoms with Crippen molar-refractivity contribution in [3.05, 3.63) is 98.5 Å². The van der Waals surface area contributed by atoms with Crippen molar-refractivity contribution in [3.8, 4) is 0 Å². The predicted molar refractivity (Wildman–Crippen MR) is 123 cm³/mol. The Morgan fingerprint density at radius 1 is 1.23 bits per heavy atom. The standard InChI is InChI=1S/C26H26N2O3/c1-4-21-20-14-17(2)16-26(21,22-11-12-24(29)28-23(22)15-20)27-13-5-6-18-7-9-19(10-8-18)25(30)31-3/h4-14,20H,15-16H2,1-3H3,(H,28,29)/b6-5+,21-4+,27-13+/t20-,26+/m0/s1. The molecule has 0 amide bonds. The normalized spacial score (nSPS) is 23.8. The van der Waals surface area contributed by atoms with Crippen LogP contribution in [0.25, 0.3) is 6.08 Å². The zero-order valence-corrected chi connectivity index (χ0v) is 18.0. The van der Waals surface area contributed by atoms with Gasteiger partial charge in [0.25, 0.3) is 0 Å². The lowest BCUT2D eigenvalue weighted by atomic mass is 9.63. The second-order valence-corrected chi connectivity index (χ2v) is 8.07. The monoisotopic (exact) mass is 414 g/mol. The summed E-state index contributed by atoms with van der Waals surface area (Å²) in [4.78, 5) is 31.6. The quantitative estimate of drug-likeness (QED) is 0.451. The van der Waals surface area contributed by atoms with Crippen molar-refractivity contribution < 1.29 is 9.53 Å². The van der Waals surface area contributed by atoms with E-state index in [1.165, 1.54) is 18.3 Å². The Balaban J connectivity index is 1.67. The van der Waals surface area contributed by atoms with E-state index in [-0.39, 0.29) is 17.4 Å². The number of methoxy groups -OCH3 is 1. The van der Waals surface area contributed by atoms with Crippen molar-refractivity contribution in [2.45, 2.75) is 32.2 Å². The maximum atomic E-state index is 11.9. The fourth-order valence-electron chi connectivity index (χ4n) is 4.82. The molecule has 0 radical (unpaired) electrons. The van der Waals surface area contributed by atoms with Crippen LogP contribution in [0.3, 0.4) is 0 Å². The Labute approximate surface area is 181 Å². The van der Waals surface area contributed by atoms with Gasteiger partial charge in [-0.25, -0.2) is 4.79 Å². The van der Waals surface area contributed by atoms with Crippen molar-refractivity contribution in [1.82, 2.24) is 4.98 Å². The average Bonchev–Trinajstić information content (AvgIpc) is 2.76. The minimum atomic E-state index is -0.491. The zero-order valence-electron chi connectivity index (χ0n) is 18.0. The van der Waals surface area contributed by atoms with Crippen LogP contribution in [0, 0.1) is 5.92 Å². The van der Waals surface area contributed by atoms with Crippen LogP contribution in [0.5, 0.6) is 0 Å². The summed E-state index contributed by atoms with van der Waals surface area (Å²) in [6.45, 7) is 4.22. The van der Waals surface area contributed by atoms with Gasteiger partial charge in [-0.15, -0.1) is 0 Å². The molecule has 0 fully saturated rings. The summed E-state index contributed by atoms with van der Waals surface area (Å²) in [5, 5.41) is 0. The largest absolute Gasteiger partial charge is 0.465 e. The van der Waals surface area contributed by atoms with Crippen LogP contribution in [0.15, 0.2) is 75.6 Å². The van der Waals surface area contributed by atoms with Gasteiger partial charge >= 0.3 is 5.97 Å². The summed E-state index contributed by atoms with van der Waals surface area (Å²) in [6.07, 6.45) is 11.8. The summed E-state index contributed by atoms with van der Waals surface area (Å²) < 4.78 is 4.73. The van der Waals surface area contributed by atoms with E-state index in [0.717, 1.165) is 29.7 Å². The van der Waals surface area contributed by atoms with E-state index >= 15 is 0 Å². The molecule has 31 heavy (non-hydrogen) atoms. The summed E-state index contributed by atoms with van der Waals surface area (Å²) in [5.41, 5.74) is 5.58. The highest BCUT2D eigenvalue weighted by Gasteiger charge is 2.46. The number of nitrogens with zero attached hydrogens (tertiary/aromatic N) is 1. The van der Waals surface area contributed by atoms with Crippen LogP contribution in [-0.4, -0.2) is 24.3 Å². The first-order valence-electron chi connectivity index (χ1n) is 10.4. The van der Waals surface area contributed by atoms with Gasteiger partial charge in [-0.1, -0.05) is 35.9 Å². The highest BCUT2D eigenvalue weighted by Crippen LogP contribution is 2.51. The van der Waals surface area contributed by atoms with E-state index in [1.54, 1.807) is 18.2 Å². The molecule has 5 nitrogen and oxygen atoms in total. The number of hydrogen-bond acceptors (Lipinski definition) is 4. The van der Waals surface area contributed by atoms with E-state index in [0.29, 0.717) is 5.56 Å². The Hall–Kier alpha value is -3.47. The molecule has 2 atom stereocenters. The van der Waals surface area contributed by atoms with Crippen molar-refractivity contribution >= 4 is 18.3 Å². The maximum absolute atomic E-state index is 11.9. The number of carbonyl (C=O) groups excluding carboxylic acids is 1. The molecule has 1 aromatic heterocycles. The van der Waals surface area contributed by atoms with Crippen LogP contribution < -0.4 is 5.56 Å². The third kappa shape index (κ3) is 3.83. The lowest BCUT2D eigenvalue weighted by molar-refractivity contribution is 0.0600. The predicted octanol–water partition coefficient (Wildman–Crippen LogP) is 4.61. The van der Waals surface area contributed by atoms with E-state index in [2.05, 4.69) is 31.0 Å². The summed E-state index contributed by atoms with van der Waals surface area (Å²) in [5.74, 6) is -0.101. The Morgan fingerprint density at radius 2 is 2.00 bits per heavy atom. The smallest absolute Gasteiger partial charge is 0.337 e. The summed E-state index contributed by atoms with van der Waals surface area (Å²) in [7, 11) is 1.37. The molecule has 4 rings (SSSR count). The molecule has 158 valence electrons. The molecule has 2 aliphatic rings. The lowest BCUT2D eigenvalue weighted by Gasteiger charge is -2.45. The molecule has 0 saturated carbocycles. The van der Waals surface area contributed by atoms with Crippen molar-refractivity contribution in [2.75, 3.05) is 7.11 Å². The van der Waals surface area contributed by atoms with Gasteiger partial charge in [-0.05, 0) is 55.7 Å². The first kappa shape index (κ1) is 20.8.